The molecule has 0 bridgehead atoms. The van der Waals surface area contributed by atoms with E-state index < -0.39 is 4.99 Å². The van der Waals surface area contributed by atoms with Crippen molar-refractivity contribution in [3.63, 3.8) is 0 Å². The van der Waals surface area contributed by atoms with Crippen LogP contribution in [0.1, 0.15) is 0 Å². The van der Waals surface area contributed by atoms with E-state index in [1.165, 1.54) is 12.6 Å². The number of thiol groups is 1. The summed E-state index contributed by atoms with van der Waals surface area (Å²) in [6.07, 6.45) is 2.92. The van der Waals surface area contributed by atoms with Crippen LogP contribution in [0.3, 0.4) is 0 Å². The summed E-state index contributed by atoms with van der Waals surface area (Å²) in [6, 6.07) is 0. The van der Waals surface area contributed by atoms with E-state index in [9.17, 15) is 0 Å². The molecule has 0 saturated carbocycles. The van der Waals surface area contributed by atoms with Crippen molar-refractivity contribution in [2.24, 2.45) is 25.7 Å². The Morgan fingerprint density at radius 3 is 3.18 bits per heavy atom. The molecule has 0 aromatic rings. The van der Waals surface area contributed by atoms with Gasteiger partial charge in [-0.1, -0.05) is 0 Å². The highest BCUT2D eigenvalue weighted by Crippen LogP contribution is 2.24. The van der Waals surface area contributed by atoms with Gasteiger partial charge in [0.25, 0.3) is 0 Å². The Kier molecular flexibility index (Phi) is 1.14. The summed E-state index contributed by atoms with van der Waals surface area (Å²) in [4.78, 5) is 14.6. The molecule has 0 saturated heterocycles. The van der Waals surface area contributed by atoms with Gasteiger partial charge in [-0.05, 0) is 0 Å². The molecule has 2 aliphatic heterocycles. The van der Waals surface area contributed by atoms with Gasteiger partial charge in [-0.2, -0.15) is 0 Å². The molecule has 2 rings (SSSR count). The quantitative estimate of drug-likeness (QED) is 0.467. The minimum atomic E-state index is -0.911. The minimum absolute atomic E-state index is 0.179. The summed E-state index contributed by atoms with van der Waals surface area (Å²) in [5, 5.41) is 0. The smallest absolute Gasteiger partial charge is 0.244 e. The van der Waals surface area contributed by atoms with Crippen LogP contribution >= 0.6 is 12.6 Å². The lowest BCUT2D eigenvalue weighted by Crippen LogP contribution is -2.33. The van der Waals surface area contributed by atoms with Gasteiger partial charge >= 0.3 is 0 Å². The molecule has 6 heteroatoms. The van der Waals surface area contributed by atoms with Gasteiger partial charge in [0, 0.05) is 0 Å². The third-order valence-electron chi connectivity index (χ3n) is 1.37. The van der Waals surface area contributed by atoms with E-state index in [1.807, 2.05) is 0 Å². The summed E-state index contributed by atoms with van der Waals surface area (Å²) in [5.74, 6) is 0.179. The lowest BCUT2D eigenvalue weighted by atomic mass is 10.3. The lowest BCUT2D eigenvalue weighted by molar-refractivity contribution is 0.878. The van der Waals surface area contributed by atoms with Crippen molar-refractivity contribution in [1.82, 2.24) is 0 Å². The fraction of sp³-hybridized carbons (Fsp3) is 0.200. The summed E-state index contributed by atoms with van der Waals surface area (Å²) in [6.45, 7) is 0. The van der Waals surface area contributed by atoms with Crippen LogP contribution in [0.4, 0.5) is 0 Å². The fourth-order valence-electron chi connectivity index (χ4n) is 0.846. The second kappa shape index (κ2) is 1.91. The Balaban J connectivity index is 2.51. The second-order valence-corrected chi connectivity index (χ2v) is 2.75. The number of aliphatic imine (C=N–C) groups is 4. The molecular weight excluding hydrogens is 162 g/mol. The Morgan fingerprint density at radius 2 is 2.36 bits per heavy atom. The molecule has 0 aliphatic carbocycles. The first-order valence-corrected chi connectivity index (χ1v) is 3.39. The van der Waals surface area contributed by atoms with Gasteiger partial charge in [-0.15, -0.1) is 12.6 Å². The van der Waals surface area contributed by atoms with E-state index in [2.05, 4.69) is 32.6 Å². The number of hydrogen-bond donors (Lipinski definition) is 2. The van der Waals surface area contributed by atoms with Gasteiger partial charge in [0.1, 0.15) is 12.1 Å². The van der Waals surface area contributed by atoms with Crippen LogP contribution in [0.15, 0.2) is 20.0 Å². The van der Waals surface area contributed by atoms with Crippen LogP contribution in [0.2, 0.25) is 0 Å². The van der Waals surface area contributed by atoms with Crippen molar-refractivity contribution in [3.05, 3.63) is 0 Å². The first-order chi connectivity index (χ1) is 5.21. The van der Waals surface area contributed by atoms with Crippen molar-refractivity contribution in [3.8, 4) is 0 Å². The third-order valence-corrected chi connectivity index (χ3v) is 1.81. The maximum absolute atomic E-state index is 5.35. The van der Waals surface area contributed by atoms with Crippen LogP contribution in [-0.4, -0.2) is 29.2 Å². The molecule has 0 aromatic carbocycles. The molecule has 2 aliphatic rings. The largest absolute Gasteiger partial charge is 0.368 e. The second-order valence-electron chi connectivity index (χ2n) is 2.12. The SMILES string of the molecule is NC1=NC2(S)N=CN=C2C=N1. The molecule has 0 fully saturated rings. The van der Waals surface area contributed by atoms with Crippen LogP contribution in [-0.2, 0) is 0 Å². The summed E-state index contributed by atoms with van der Waals surface area (Å²) >= 11 is 4.18. The highest BCUT2D eigenvalue weighted by atomic mass is 32.1. The Bertz CT molecular complexity index is 315. The first kappa shape index (κ1) is 6.53. The predicted octanol–water partition coefficient (Wildman–Crippen LogP) is -0.548. The zero-order valence-corrected chi connectivity index (χ0v) is 6.36. The average molecular weight is 167 g/mol. The molecule has 11 heavy (non-hydrogen) atoms. The molecule has 5 nitrogen and oxygen atoms in total. The van der Waals surface area contributed by atoms with Gasteiger partial charge in [0.2, 0.25) is 11.0 Å². The molecule has 2 N–H and O–H groups in total. The summed E-state index contributed by atoms with van der Waals surface area (Å²) in [7, 11) is 0. The van der Waals surface area contributed by atoms with Crippen molar-refractivity contribution >= 4 is 36.9 Å². The van der Waals surface area contributed by atoms with Gasteiger partial charge in [0.05, 0.1) is 6.21 Å². The first-order valence-electron chi connectivity index (χ1n) is 2.94. The average Bonchev–Trinajstić information content (AvgIpc) is 2.28. The topological polar surface area (TPSA) is 75.5 Å². The summed E-state index contributed by atoms with van der Waals surface area (Å²) in [5.41, 5.74) is 5.96. The molecule has 1 atom stereocenters. The van der Waals surface area contributed by atoms with E-state index >= 15 is 0 Å². The van der Waals surface area contributed by atoms with Crippen LogP contribution < -0.4 is 5.73 Å². The highest BCUT2D eigenvalue weighted by Gasteiger charge is 2.34. The standard InChI is InChI=1S/C5H5N5S/c6-4-7-1-3-5(11,10-4)9-2-8-3/h1-2,11H,(H2,6,10). The van der Waals surface area contributed by atoms with Crippen molar-refractivity contribution in [1.29, 1.82) is 0 Å². The molecule has 0 aromatic heterocycles. The highest BCUT2D eigenvalue weighted by molar-refractivity contribution is 7.83. The molecule has 2 heterocycles. The lowest BCUT2D eigenvalue weighted by Gasteiger charge is -2.17. The maximum atomic E-state index is 5.35. The van der Waals surface area contributed by atoms with Gasteiger partial charge in [-0.3, -0.25) is 0 Å². The van der Waals surface area contributed by atoms with Crippen molar-refractivity contribution in [2.45, 2.75) is 4.99 Å². The van der Waals surface area contributed by atoms with Crippen molar-refractivity contribution < 1.29 is 0 Å². The van der Waals surface area contributed by atoms with Gasteiger partial charge in [-0.25, -0.2) is 20.0 Å². The number of hydrogen-bond acceptors (Lipinski definition) is 6. The normalized spacial score (nSPS) is 33.2. The van der Waals surface area contributed by atoms with Crippen molar-refractivity contribution in [2.75, 3.05) is 0 Å². The number of rotatable bonds is 0. The number of nitrogens with zero attached hydrogens (tertiary/aromatic N) is 4. The monoisotopic (exact) mass is 167 g/mol. The van der Waals surface area contributed by atoms with Crippen LogP contribution in [0.5, 0.6) is 0 Å². The fourth-order valence-corrected chi connectivity index (χ4v) is 1.12. The molecular formula is C5H5N5S. The Morgan fingerprint density at radius 1 is 1.55 bits per heavy atom. The van der Waals surface area contributed by atoms with Crippen LogP contribution in [0, 0.1) is 0 Å². The number of fused-ring (bicyclic) bond motifs is 1. The molecule has 0 spiro atoms. The summed E-state index contributed by atoms with van der Waals surface area (Å²) < 4.78 is 0. The van der Waals surface area contributed by atoms with E-state index in [4.69, 9.17) is 5.73 Å². The Labute approximate surface area is 68.3 Å². The minimum Gasteiger partial charge on any atom is -0.368 e. The molecule has 1 unspecified atom stereocenters. The molecule has 0 radical (unpaired) electrons. The van der Waals surface area contributed by atoms with Gasteiger partial charge in [0.15, 0.2) is 0 Å². The predicted molar refractivity (Wildman–Crippen MR) is 47.8 cm³/mol. The third kappa shape index (κ3) is 0.864. The van der Waals surface area contributed by atoms with E-state index in [0.29, 0.717) is 5.71 Å². The number of nitrogens with two attached hydrogens (primary N) is 1. The van der Waals surface area contributed by atoms with Crippen LogP contribution in [0.25, 0.3) is 0 Å². The maximum Gasteiger partial charge on any atom is 0.244 e. The zero-order valence-electron chi connectivity index (χ0n) is 5.47. The van der Waals surface area contributed by atoms with E-state index in [1.54, 1.807) is 0 Å². The van der Waals surface area contributed by atoms with Gasteiger partial charge < -0.3 is 5.73 Å². The van der Waals surface area contributed by atoms with E-state index in [-0.39, 0.29) is 5.96 Å². The molecule has 0 amide bonds. The van der Waals surface area contributed by atoms with E-state index in [0.717, 1.165) is 0 Å². The zero-order chi connectivity index (χ0) is 7.90. The molecule has 56 valence electrons. The Hall–Kier alpha value is -1.17. The number of guanidine groups is 1.